The van der Waals surface area contributed by atoms with Gasteiger partial charge in [-0.3, -0.25) is 13.8 Å². The number of nitrogens with one attached hydrogen (secondary N) is 1. The Morgan fingerprint density at radius 2 is 2.00 bits per heavy atom. The predicted molar refractivity (Wildman–Crippen MR) is 72.8 cm³/mol. The first-order valence-electron chi connectivity index (χ1n) is 5.74. The second-order valence-corrected chi connectivity index (χ2v) is 5.68. The van der Waals surface area contributed by atoms with Crippen molar-refractivity contribution in [2.24, 2.45) is 0 Å². The van der Waals surface area contributed by atoms with E-state index in [2.05, 4.69) is 4.98 Å². The summed E-state index contributed by atoms with van der Waals surface area (Å²) in [6, 6.07) is 7.36. The average molecular weight is 279 g/mol. The summed E-state index contributed by atoms with van der Waals surface area (Å²) in [6.45, 7) is 0. The number of hydrogen-bond acceptors (Lipinski definition) is 3. The summed E-state index contributed by atoms with van der Waals surface area (Å²) in [5.41, 5.74) is 1.35. The van der Waals surface area contributed by atoms with Crippen molar-refractivity contribution in [2.75, 3.05) is 11.5 Å². The molecule has 1 aromatic carbocycles. The molecule has 1 unspecified atom stereocenters. The first kappa shape index (κ1) is 13.5. The second-order valence-electron chi connectivity index (χ2n) is 4.10. The van der Waals surface area contributed by atoms with E-state index in [0.717, 1.165) is 10.9 Å². The SMILES string of the molecule is O=C(O)CCS(=O)CC(=O)c1c[nH]c2ccccc12. The first-order chi connectivity index (χ1) is 9.08. The molecular weight excluding hydrogens is 266 g/mol. The maximum atomic E-state index is 12.0. The molecule has 0 spiro atoms. The number of fused-ring (bicyclic) bond motifs is 1. The van der Waals surface area contributed by atoms with Gasteiger partial charge in [-0.05, 0) is 6.07 Å². The number of ketones is 1. The smallest absolute Gasteiger partial charge is 0.304 e. The van der Waals surface area contributed by atoms with Gasteiger partial charge in [0, 0.05) is 39.2 Å². The van der Waals surface area contributed by atoms with Crippen molar-refractivity contribution < 1.29 is 18.9 Å². The van der Waals surface area contributed by atoms with Gasteiger partial charge < -0.3 is 10.1 Å². The molecule has 0 aliphatic heterocycles. The normalized spacial score (nSPS) is 12.4. The Morgan fingerprint density at radius 3 is 2.74 bits per heavy atom. The number of carboxylic acids is 1. The number of benzene rings is 1. The minimum absolute atomic E-state index is 0.00340. The highest BCUT2D eigenvalue weighted by Gasteiger charge is 2.15. The van der Waals surface area contributed by atoms with Crippen LogP contribution in [0.1, 0.15) is 16.8 Å². The number of aliphatic carboxylic acids is 1. The molecule has 1 atom stereocenters. The highest BCUT2D eigenvalue weighted by atomic mass is 32.2. The van der Waals surface area contributed by atoms with E-state index in [-0.39, 0.29) is 23.7 Å². The molecule has 19 heavy (non-hydrogen) atoms. The number of aromatic amines is 1. The Balaban J connectivity index is 2.08. The lowest BCUT2D eigenvalue weighted by molar-refractivity contribution is -0.136. The molecule has 2 N–H and O–H groups in total. The van der Waals surface area contributed by atoms with Gasteiger partial charge in [0.25, 0.3) is 0 Å². The highest BCUT2D eigenvalue weighted by Crippen LogP contribution is 2.18. The molecule has 0 bridgehead atoms. The van der Waals surface area contributed by atoms with Crippen LogP contribution in [0.25, 0.3) is 10.9 Å². The van der Waals surface area contributed by atoms with Crippen LogP contribution in [0.3, 0.4) is 0 Å². The zero-order valence-electron chi connectivity index (χ0n) is 10.1. The highest BCUT2D eigenvalue weighted by molar-refractivity contribution is 7.85. The van der Waals surface area contributed by atoms with Gasteiger partial charge in [-0.2, -0.15) is 0 Å². The molecule has 0 saturated heterocycles. The summed E-state index contributed by atoms with van der Waals surface area (Å²) >= 11 is 0. The molecule has 0 amide bonds. The molecule has 0 fully saturated rings. The van der Waals surface area contributed by atoms with Crippen LogP contribution in [-0.2, 0) is 15.6 Å². The number of carbonyl (C=O) groups excluding carboxylic acids is 1. The number of aromatic nitrogens is 1. The van der Waals surface area contributed by atoms with Gasteiger partial charge in [0.2, 0.25) is 0 Å². The fourth-order valence-electron chi connectivity index (χ4n) is 1.80. The van der Waals surface area contributed by atoms with Gasteiger partial charge in [0.15, 0.2) is 5.78 Å². The zero-order valence-corrected chi connectivity index (χ0v) is 10.9. The maximum absolute atomic E-state index is 12.0. The number of rotatable bonds is 6. The van der Waals surface area contributed by atoms with Crippen molar-refractivity contribution in [1.82, 2.24) is 4.98 Å². The molecule has 0 saturated carbocycles. The summed E-state index contributed by atoms with van der Waals surface area (Å²) in [4.78, 5) is 25.4. The number of para-hydroxylation sites is 1. The Kier molecular flexibility index (Phi) is 4.11. The Labute approximate surface area is 112 Å². The molecule has 2 aromatic rings. The van der Waals surface area contributed by atoms with Crippen molar-refractivity contribution >= 4 is 33.5 Å². The topological polar surface area (TPSA) is 87.2 Å². The van der Waals surface area contributed by atoms with E-state index in [0.29, 0.717) is 5.56 Å². The number of H-pyrrole nitrogens is 1. The van der Waals surface area contributed by atoms with Crippen LogP contribution in [0.15, 0.2) is 30.5 Å². The molecule has 0 radical (unpaired) electrons. The van der Waals surface area contributed by atoms with Crippen LogP contribution in [-0.4, -0.2) is 37.6 Å². The lowest BCUT2D eigenvalue weighted by Gasteiger charge is -2.00. The summed E-state index contributed by atoms with van der Waals surface area (Å²) in [7, 11) is -1.44. The van der Waals surface area contributed by atoms with Crippen LogP contribution in [0.5, 0.6) is 0 Å². The van der Waals surface area contributed by atoms with E-state index in [4.69, 9.17) is 5.11 Å². The largest absolute Gasteiger partial charge is 0.481 e. The number of hydrogen-bond donors (Lipinski definition) is 2. The summed E-state index contributed by atoms with van der Waals surface area (Å²) in [5, 5.41) is 9.29. The van der Waals surface area contributed by atoms with Gasteiger partial charge in [-0.1, -0.05) is 18.2 Å². The monoisotopic (exact) mass is 279 g/mol. The zero-order chi connectivity index (χ0) is 13.8. The predicted octanol–water partition coefficient (Wildman–Crippen LogP) is 1.57. The van der Waals surface area contributed by atoms with Crippen LogP contribution >= 0.6 is 0 Å². The molecule has 1 heterocycles. The lowest BCUT2D eigenvalue weighted by Crippen LogP contribution is -2.14. The van der Waals surface area contributed by atoms with E-state index in [1.165, 1.54) is 0 Å². The van der Waals surface area contributed by atoms with E-state index in [1.54, 1.807) is 6.20 Å². The third kappa shape index (κ3) is 3.29. The molecule has 0 aliphatic carbocycles. The van der Waals surface area contributed by atoms with Crippen molar-refractivity contribution in [3.8, 4) is 0 Å². The van der Waals surface area contributed by atoms with Crippen molar-refractivity contribution in [2.45, 2.75) is 6.42 Å². The minimum atomic E-state index is -1.44. The van der Waals surface area contributed by atoms with Crippen LogP contribution in [0.4, 0.5) is 0 Å². The molecule has 5 nitrogen and oxygen atoms in total. The minimum Gasteiger partial charge on any atom is -0.481 e. The Bertz CT molecular complexity index is 647. The molecule has 2 rings (SSSR count). The molecular formula is C13H13NO4S. The third-order valence-electron chi connectivity index (χ3n) is 2.73. The van der Waals surface area contributed by atoms with Gasteiger partial charge in [0.05, 0.1) is 12.2 Å². The summed E-state index contributed by atoms with van der Waals surface area (Å²) < 4.78 is 11.6. The van der Waals surface area contributed by atoms with Gasteiger partial charge in [-0.15, -0.1) is 0 Å². The van der Waals surface area contributed by atoms with Gasteiger partial charge in [0.1, 0.15) is 0 Å². The summed E-state index contributed by atoms with van der Waals surface area (Å²) in [5.74, 6) is -1.38. The maximum Gasteiger partial charge on any atom is 0.304 e. The molecule has 6 heteroatoms. The second kappa shape index (κ2) is 5.79. The van der Waals surface area contributed by atoms with Crippen molar-refractivity contribution in [1.29, 1.82) is 0 Å². The Hall–Kier alpha value is -1.95. The molecule has 100 valence electrons. The van der Waals surface area contributed by atoms with E-state index >= 15 is 0 Å². The number of carbonyl (C=O) groups is 2. The quantitative estimate of drug-likeness (QED) is 0.786. The standard InChI is InChI=1S/C13H13NO4S/c15-12(8-19(18)6-5-13(16)17)10-7-14-11-4-2-1-3-9(10)11/h1-4,7,14H,5-6,8H2,(H,16,17). The van der Waals surface area contributed by atoms with E-state index < -0.39 is 16.8 Å². The molecule has 0 aliphatic rings. The summed E-state index contributed by atoms with van der Waals surface area (Å²) in [6.07, 6.45) is 1.41. The van der Waals surface area contributed by atoms with Crippen molar-refractivity contribution in [3.05, 3.63) is 36.0 Å². The van der Waals surface area contributed by atoms with E-state index in [9.17, 15) is 13.8 Å². The van der Waals surface area contributed by atoms with Gasteiger partial charge in [-0.25, -0.2) is 0 Å². The van der Waals surface area contributed by atoms with Crippen LogP contribution in [0, 0.1) is 0 Å². The number of Topliss-reactive ketones (excluding diaryl/α,β-unsaturated/α-hetero) is 1. The van der Waals surface area contributed by atoms with Crippen LogP contribution in [0.2, 0.25) is 0 Å². The fourth-order valence-corrected chi connectivity index (χ4v) is 2.79. The van der Waals surface area contributed by atoms with Gasteiger partial charge >= 0.3 is 5.97 Å². The molecule has 1 aromatic heterocycles. The average Bonchev–Trinajstić information content (AvgIpc) is 2.80. The lowest BCUT2D eigenvalue weighted by atomic mass is 10.1. The van der Waals surface area contributed by atoms with Crippen LogP contribution < -0.4 is 0 Å². The number of carboxylic acid groups (broad SMARTS) is 1. The fraction of sp³-hybridized carbons (Fsp3) is 0.231. The van der Waals surface area contributed by atoms with Crippen molar-refractivity contribution in [3.63, 3.8) is 0 Å². The Morgan fingerprint density at radius 1 is 1.26 bits per heavy atom. The first-order valence-corrected chi connectivity index (χ1v) is 7.23. The third-order valence-corrected chi connectivity index (χ3v) is 3.97. The van der Waals surface area contributed by atoms with E-state index in [1.807, 2.05) is 24.3 Å².